The van der Waals surface area contributed by atoms with Crippen molar-refractivity contribution in [3.8, 4) is 0 Å². The SMILES string of the molecule is CCCSc1nc(NC(=O)C(CCC)CCC)c2c(n1)N(Cc1ccccc1)C(=O)C2. The van der Waals surface area contributed by atoms with Gasteiger partial charge < -0.3 is 5.32 Å². The van der Waals surface area contributed by atoms with E-state index in [0.717, 1.165) is 49.0 Å². The van der Waals surface area contributed by atoms with Crippen LogP contribution in [0.2, 0.25) is 0 Å². The number of nitrogens with zero attached hydrogens (tertiary/aromatic N) is 3. The number of fused-ring (bicyclic) bond motifs is 1. The molecule has 31 heavy (non-hydrogen) atoms. The number of hydrogen-bond donors (Lipinski definition) is 1. The minimum absolute atomic E-state index is 0.00926. The summed E-state index contributed by atoms with van der Waals surface area (Å²) >= 11 is 1.55. The summed E-state index contributed by atoms with van der Waals surface area (Å²) in [5.41, 5.74) is 1.77. The minimum Gasteiger partial charge on any atom is -0.310 e. The lowest BCUT2D eigenvalue weighted by Gasteiger charge is -2.19. The summed E-state index contributed by atoms with van der Waals surface area (Å²) in [4.78, 5) is 36.9. The second-order valence-electron chi connectivity index (χ2n) is 7.91. The molecule has 1 aromatic heterocycles. The van der Waals surface area contributed by atoms with E-state index in [1.807, 2.05) is 30.3 Å². The smallest absolute Gasteiger partial charge is 0.233 e. The Morgan fingerprint density at radius 3 is 2.45 bits per heavy atom. The van der Waals surface area contributed by atoms with Crippen LogP contribution in [0.3, 0.4) is 0 Å². The molecule has 3 rings (SSSR count). The lowest BCUT2D eigenvalue weighted by Crippen LogP contribution is -2.26. The molecule has 0 atom stereocenters. The molecule has 2 heterocycles. The largest absolute Gasteiger partial charge is 0.310 e. The second-order valence-corrected chi connectivity index (χ2v) is 8.97. The van der Waals surface area contributed by atoms with Gasteiger partial charge in [-0.1, -0.05) is 75.7 Å². The Bertz CT molecular complexity index is 898. The van der Waals surface area contributed by atoms with Crippen molar-refractivity contribution in [1.82, 2.24) is 9.97 Å². The molecule has 0 unspecified atom stereocenters. The molecule has 1 aliphatic rings. The molecule has 2 aromatic rings. The Labute approximate surface area is 189 Å². The Kier molecular flexibility index (Phi) is 8.46. The Hall–Kier alpha value is -2.41. The van der Waals surface area contributed by atoms with Crippen molar-refractivity contribution in [2.75, 3.05) is 16.0 Å². The number of amides is 2. The molecule has 7 heteroatoms. The lowest BCUT2D eigenvalue weighted by atomic mass is 9.97. The van der Waals surface area contributed by atoms with Crippen LogP contribution in [-0.4, -0.2) is 27.5 Å². The van der Waals surface area contributed by atoms with Crippen LogP contribution in [-0.2, 0) is 22.6 Å². The van der Waals surface area contributed by atoms with Gasteiger partial charge in [0.15, 0.2) is 5.16 Å². The topological polar surface area (TPSA) is 75.2 Å². The molecule has 0 aliphatic carbocycles. The first-order chi connectivity index (χ1) is 15.1. The summed E-state index contributed by atoms with van der Waals surface area (Å²) in [5, 5.41) is 3.65. The molecular formula is C24H32N4O2S. The van der Waals surface area contributed by atoms with E-state index in [9.17, 15) is 9.59 Å². The van der Waals surface area contributed by atoms with Gasteiger partial charge in [-0.05, 0) is 24.8 Å². The van der Waals surface area contributed by atoms with Gasteiger partial charge in [-0.2, -0.15) is 0 Å². The van der Waals surface area contributed by atoms with E-state index in [-0.39, 0.29) is 24.2 Å². The van der Waals surface area contributed by atoms with E-state index in [1.54, 1.807) is 16.7 Å². The van der Waals surface area contributed by atoms with Gasteiger partial charge in [0, 0.05) is 17.2 Å². The van der Waals surface area contributed by atoms with Crippen LogP contribution in [0.15, 0.2) is 35.5 Å². The zero-order valence-corrected chi connectivity index (χ0v) is 19.5. The predicted molar refractivity (Wildman–Crippen MR) is 126 cm³/mol. The fourth-order valence-electron chi connectivity index (χ4n) is 3.82. The molecule has 166 valence electrons. The van der Waals surface area contributed by atoms with Gasteiger partial charge in [0.1, 0.15) is 11.6 Å². The summed E-state index contributed by atoms with van der Waals surface area (Å²) < 4.78 is 0. The molecule has 0 spiro atoms. The third-order valence-electron chi connectivity index (χ3n) is 5.35. The summed E-state index contributed by atoms with van der Waals surface area (Å²) in [6, 6.07) is 9.89. The average Bonchev–Trinajstić information content (AvgIpc) is 3.08. The molecule has 1 N–H and O–H groups in total. The Morgan fingerprint density at radius 2 is 1.81 bits per heavy atom. The maximum atomic E-state index is 13.0. The van der Waals surface area contributed by atoms with E-state index in [0.29, 0.717) is 23.3 Å². The summed E-state index contributed by atoms with van der Waals surface area (Å²) in [5.74, 6) is 1.94. The highest BCUT2D eigenvalue weighted by Crippen LogP contribution is 2.35. The van der Waals surface area contributed by atoms with Gasteiger partial charge in [0.05, 0.1) is 13.0 Å². The number of benzene rings is 1. The van der Waals surface area contributed by atoms with E-state index in [1.165, 1.54) is 0 Å². The van der Waals surface area contributed by atoms with Crippen molar-refractivity contribution in [3.05, 3.63) is 41.5 Å². The zero-order valence-electron chi connectivity index (χ0n) is 18.7. The van der Waals surface area contributed by atoms with Crippen LogP contribution in [0.1, 0.15) is 64.0 Å². The predicted octanol–water partition coefficient (Wildman–Crippen LogP) is 5.22. The van der Waals surface area contributed by atoms with Crippen LogP contribution in [0.4, 0.5) is 11.6 Å². The van der Waals surface area contributed by atoms with Crippen molar-refractivity contribution in [3.63, 3.8) is 0 Å². The molecule has 0 bridgehead atoms. The average molecular weight is 441 g/mol. The molecule has 2 amide bonds. The van der Waals surface area contributed by atoms with Gasteiger partial charge in [-0.3, -0.25) is 14.5 Å². The van der Waals surface area contributed by atoms with Gasteiger partial charge in [-0.15, -0.1) is 0 Å². The van der Waals surface area contributed by atoms with Crippen molar-refractivity contribution in [2.24, 2.45) is 5.92 Å². The summed E-state index contributed by atoms with van der Waals surface area (Å²) in [6.07, 6.45) is 4.83. The number of anilines is 2. The van der Waals surface area contributed by atoms with Crippen LogP contribution in [0.5, 0.6) is 0 Å². The Balaban J connectivity index is 1.93. The minimum atomic E-state index is -0.0371. The highest BCUT2D eigenvalue weighted by Gasteiger charge is 2.33. The third-order valence-corrected chi connectivity index (χ3v) is 6.41. The molecule has 6 nitrogen and oxygen atoms in total. The zero-order chi connectivity index (χ0) is 22.2. The molecule has 0 saturated carbocycles. The first-order valence-corrected chi connectivity index (χ1v) is 12.2. The number of carbonyl (C=O) groups excluding carboxylic acids is 2. The third kappa shape index (κ3) is 5.85. The molecular weight excluding hydrogens is 408 g/mol. The maximum Gasteiger partial charge on any atom is 0.233 e. The summed E-state index contributed by atoms with van der Waals surface area (Å²) in [6.45, 7) is 6.76. The van der Waals surface area contributed by atoms with Gasteiger partial charge in [-0.25, -0.2) is 9.97 Å². The van der Waals surface area contributed by atoms with Crippen molar-refractivity contribution < 1.29 is 9.59 Å². The molecule has 0 fully saturated rings. The van der Waals surface area contributed by atoms with Crippen LogP contribution < -0.4 is 10.2 Å². The Morgan fingerprint density at radius 1 is 1.10 bits per heavy atom. The number of rotatable bonds is 11. The number of nitrogens with one attached hydrogen (secondary N) is 1. The van der Waals surface area contributed by atoms with E-state index in [2.05, 4.69) is 31.1 Å². The fraction of sp³-hybridized carbons (Fsp3) is 0.500. The van der Waals surface area contributed by atoms with Crippen LogP contribution in [0, 0.1) is 5.92 Å². The van der Waals surface area contributed by atoms with Gasteiger partial charge in [0.25, 0.3) is 0 Å². The van der Waals surface area contributed by atoms with E-state index >= 15 is 0 Å². The first-order valence-electron chi connectivity index (χ1n) is 11.3. The molecule has 1 aliphatic heterocycles. The lowest BCUT2D eigenvalue weighted by molar-refractivity contribution is -0.120. The van der Waals surface area contributed by atoms with Gasteiger partial charge in [0.2, 0.25) is 11.8 Å². The number of carbonyl (C=O) groups is 2. The van der Waals surface area contributed by atoms with Crippen molar-refractivity contribution in [2.45, 2.75) is 71.0 Å². The van der Waals surface area contributed by atoms with Gasteiger partial charge >= 0.3 is 0 Å². The quantitative estimate of drug-likeness (QED) is 0.383. The van der Waals surface area contributed by atoms with Crippen LogP contribution in [0.25, 0.3) is 0 Å². The van der Waals surface area contributed by atoms with E-state index < -0.39 is 0 Å². The fourth-order valence-corrected chi connectivity index (χ4v) is 4.51. The van der Waals surface area contributed by atoms with Crippen molar-refractivity contribution >= 4 is 35.2 Å². The maximum absolute atomic E-state index is 13.0. The van der Waals surface area contributed by atoms with E-state index in [4.69, 9.17) is 4.98 Å². The summed E-state index contributed by atoms with van der Waals surface area (Å²) in [7, 11) is 0. The molecule has 1 aromatic carbocycles. The number of hydrogen-bond acceptors (Lipinski definition) is 5. The number of aromatic nitrogens is 2. The first kappa shape index (κ1) is 23.3. The highest BCUT2D eigenvalue weighted by molar-refractivity contribution is 7.99. The number of thioether (sulfide) groups is 1. The molecule has 0 radical (unpaired) electrons. The highest BCUT2D eigenvalue weighted by atomic mass is 32.2. The monoisotopic (exact) mass is 440 g/mol. The standard InChI is InChI=1S/C24H32N4O2S/c1-4-10-18(11-5-2)23(30)25-21-19-15-20(29)28(16-17-12-8-7-9-13-17)22(19)27-24(26-21)31-14-6-3/h7-9,12-13,18H,4-6,10-11,14-16H2,1-3H3,(H,25,26,27,30). The normalized spacial score (nSPS) is 13.0. The van der Waals surface area contributed by atoms with Crippen molar-refractivity contribution in [1.29, 1.82) is 0 Å². The second kappa shape index (κ2) is 11.3. The van der Waals surface area contributed by atoms with Crippen LogP contribution >= 0.6 is 11.8 Å². The molecule has 0 saturated heterocycles.